The molecule has 0 radical (unpaired) electrons. The molecule has 0 N–H and O–H groups in total. The SMILES string of the molecule is c1ccc(-n2c3ccccc3c3c4c5cccnc5c5nccn5c4c4c5ccccc5n(-c5ccccc5)c4c32)cc1. The van der Waals surface area contributed by atoms with Gasteiger partial charge in [-0.2, -0.15) is 0 Å². The number of imidazole rings is 1. The fourth-order valence-electron chi connectivity index (χ4n) is 7.30. The zero-order valence-corrected chi connectivity index (χ0v) is 23.0. The van der Waals surface area contributed by atoms with E-state index in [0.717, 1.165) is 33.4 Å². The molecule has 0 amide bonds. The molecule has 5 aromatic carbocycles. The fourth-order valence-corrected chi connectivity index (χ4v) is 7.30. The van der Waals surface area contributed by atoms with Gasteiger partial charge in [0, 0.05) is 62.3 Å². The Morgan fingerprint density at radius 3 is 1.63 bits per heavy atom. The van der Waals surface area contributed by atoms with E-state index in [1.54, 1.807) is 0 Å². The summed E-state index contributed by atoms with van der Waals surface area (Å²) in [5.74, 6) is 0. The molecule has 0 aliphatic carbocycles. The molecule has 0 aliphatic heterocycles. The van der Waals surface area contributed by atoms with Crippen molar-refractivity contribution in [3.05, 3.63) is 140 Å². The minimum absolute atomic E-state index is 0.868. The molecule has 0 bridgehead atoms. The highest BCUT2D eigenvalue weighted by Crippen LogP contribution is 2.48. The predicted molar refractivity (Wildman–Crippen MR) is 177 cm³/mol. The maximum absolute atomic E-state index is 4.88. The molecule has 10 aromatic rings. The van der Waals surface area contributed by atoms with Gasteiger partial charge in [0.15, 0.2) is 5.65 Å². The van der Waals surface area contributed by atoms with E-state index in [9.17, 15) is 0 Å². The molecule has 5 heterocycles. The lowest BCUT2D eigenvalue weighted by molar-refractivity contribution is 1.15. The normalized spacial score (nSPS) is 12.2. The second kappa shape index (κ2) is 8.30. The molecule has 0 saturated heterocycles. The lowest BCUT2D eigenvalue weighted by Crippen LogP contribution is -2.00. The minimum atomic E-state index is 0.868. The Morgan fingerprint density at radius 1 is 0.419 bits per heavy atom. The first-order valence-corrected chi connectivity index (χ1v) is 14.5. The Bertz CT molecular complexity index is 2710. The standard InChI is InChI=1S/C38H23N5/c1-3-12-24(13-4-1)42-29-19-9-7-16-26(29)31-32-28-18-11-21-39-34(28)38-40-22-23-41(38)35(32)33-27-17-8-10-20-30(27)43(37(33)36(31)42)25-14-5-2-6-15-25/h1-23H. The van der Waals surface area contributed by atoms with Crippen LogP contribution in [-0.2, 0) is 0 Å². The third kappa shape index (κ3) is 2.85. The van der Waals surface area contributed by atoms with Crippen molar-refractivity contribution >= 4 is 71.1 Å². The molecule has 200 valence electrons. The van der Waals surface area contributed by atoms with Gasteiger partial charge in [0.1, 0.15) is 5.52 Å². The van der Waals surface area contributed by atoms with Crippen LogP contribution in [0.3, 0.4) is 0 Å². The van der Waals surface area contributed by atoms with E-state index in [-0.39, 0.29) is 0 Å². The van der Waals surface area contributed by atoms with Crippen LogP contribution in [0.25, 0.3) is 82.4 Å². The molecule has 0 fully saturated rings. The highest BCUT2D eigenvalue weighted by atomic mass is 15.1. The molecule has 0 unspecified atom stereocenters. The van der Waals surface area contributed by atoms with Crippen molar-refractivity contribution in [3.63, 3.8) is 0 Å². The van der Waals surface area contributed by atoms with Crippen LogP contribution in [0.2, 0.25) is 0 Å². The molecule has 0 atom stereocenters. The summed E-state index contributed by atoms with van der Waals surface area (Å²) in [6, 6.07) is 43.3. The zero-order valence-electron chi connectivity index (χ0n) is 23.0. The van der Waals surface area contributed by atoms with Crippen molar-refractivity contribution in [2.45, 2.75) is 0 Å². The first kappa shape index (κ1) is 22.7. The first-order chi connectivity index (χ1) is 21.4. The van der Waals surface area contributed by atoms with Crippen LogP contribution in [0, 0.1) is 0 Å². The molecule has 5 aromatic heterocycles. The first-order valence-electron chi connectivity index (χ1n) is 14.5. The number of fused-ring (bicyclic) bond motifs is 15. The van der Waals surface area contributed by atoms with E-state index in [2.05, 4.69) is 135 Å². The van der Waals surface area contributed by atoms with Crippen LogP contribution in [0.1, 0.15) is 0 Å². The largest absolute Gasteiger partial charge is 0.307 e. The van der Waals surface area contributed by atoms with Crippen molar-refractivity contribution in [2.75, 3.05) is 0 Å². The third-order valence-electron chi connectivity index (χ3n) is 8.90. The van der Waals surface area contributed by atoms with Gasteiger partial charge in [0.05, 0.1) is 27.6 Å². The van der Waals surface area contributed by atoms with Crippen LogP contribution >= 0.6 is 0 Å². The topological polar surface area (TPSA) is 40.1 Å². The summed E-state index contributed by atoms with van der Waals surface area (Å²) in [6.07, 6.45) is 5.84. The Balaban J connectivity index is 1.67. The molecule has 0 saturated carbocycles. The zero-order chi connectivity index (χ0) is 28.1. The smallest absolute Gasteiger partial charge is 0.163 e. The Hall–Kier alpha value is -5.94. The van der Waals surface area contributed by atoms with Crippen molar-refractivity contribution in [1.82, 2.24) is 23.5 Å². The number of aromatic nitrogens is 5. The van der Waals surface area contributed by atoms with Gasteiger partial charge < -0.3 is 9.13 Å². The van der Waals surface area contributed by atoms with E-state index < -0.39 is 0 Å². The Morgan fingerprint density at radius 2 is 0.953 bits per heavy atom. The van der Waals surface area contributed by atoms with Crippen molar-refractivity contribution in [3.8, 4) is 11.4 Å². The van der Waals surface area contributed by atoms with Crippen molar-refractivity contribution < 1.29 is 0 Å². The van der Waals surface area contributed by atoms with Crippen LogP contribution in [0.15, 0.2) is 140 Å². The Labute approximate surface area is 245 Å². The van der Waals surface area contributed by atoms with Crippen molar-refractivity contribution in [2.24, 2.45) is 0 Å². The number of hydrogen-bond donors (Lipinski definition) is 0. The van der Waals surface area contributed by atoms with Crippen LogP contribution in [0.4, 0.5) is 0 Å². The van der Waals surface area contributed by atoms with Crippen LogP contribution < -0.4 is 0 Å². The lowest BCUT2D eigenvalue weighted by Gasteiger charge is -2.15. The molecule has 0 spiro atoms. The average molecular weight is 550 g/mol. The van der Waals surface area contributed by atoms with Crippen molar-refractivity contribution in [1.29, 1.82) is 0 Å². The monoisotopic (exact) mass is 549 g/mol. The maximum atomic E-state index is 4.88. The van der Waals surface area contributed by atoms with Gasteiger partial charge in [0.25, 0.3) is 0 Å². The molecule has 10 rings (SSSR count). The van der Waals surface area contributed by atoms with Crippen LogP contribution in [-0.4, -0.2) is 23.5 Å². The summed E-state index contributed by atoms with van der Waals surface area (Å²) in [5, 5.41) is 7.14. The maximum Gasteiger partial charge on any atom is 0.163 e. The molecular weight excluding hydrogens is 526 g/mol. The van der Waals surface area contributed by atoms with Gasteiger partial charge in [0.2, 0.25) is 0 Å². The van der Waals surface area contributed by atoms with Gasteiger partial charge in [-0.25, -0.2) is 4.98 Å². The molecule has 43 heavy (non-hydrogen) atoms. The summed E-state index contributed by atoms with van der Waals surface area (Å²) in [7, 11) is 0. The molecular formula is C38H23N5. The van der Waals surface area contributed by atoms with Gasteiger partial charge in [-0.1, -0.05) is 78.9 Å². The lowest BCUT2D eigenvalue weighted by atomic mass is 9.98. The second-order valence-corrected chi connectivity index (χ2v) is 11.1. The van der Waals surface area contributed by atoms with E-state index >= 15 is 0 Å². The number of benzene rings is 5. The quantitative estimate of drug-likeness (QED) is 0.202. The number of hydrogen-bond acceptors (Lipinski definition) is 2. The average Bonchev–Trinajstić information content (AvgIpc) is 3.79. The van der Waals surface area contributed by atoms with E-state index in [1.165, 1.54) is 49.0 Å². The molecule has 5 nitrogen and oxygen atoms in total. The van der Waals surface area contributed by atoms with E-state index in [1.807, 2.05) is 18.5 Å². The summed E-state index contributed by atoms with van der Waals surface area (Å²) in [5.41, 5.74) is 9.88. The highest BCUT2D eigenvalue weighted by Gasteiger charge is 2.27. The van der Waals surface area contributed by atoms with Gasteiger partial charge in [-0.3, -0.25) is 9.38 Å². The summed E-state index contributed by atoms with van der Waals surface area (Å²) in [6.45, 7) is 0. The number of para-hydroxylation sites is 4. The molecule has 5 heteroatoms. The number of pyridine rings is 2. The molecule has 0 aliphatic rings. The summed E-state index contributed by atoms with van der Waals surface area (Å²) in [4.78, 5) is 9.72. The number of rotatable bonds is 2. The van der Waals surface area contributed by atoms with Gasteiger partial charge >= 0.3 is 0 Å². The van der Waals surface area contributed by atoms with Gasteiger partial charge in [-0.15, -0.1) is 0 Å². The highest BCUT2D eigenvalue weighted by molar-refractivity contribution is 6.40. The number of nitrogens with zero attached hydrogens (tertiary/aromatic N) is 5. The second-order valence-electron chi connectivity index (χ2n) is 11.1. The van der Waals surface area contributed by atoms with E-state index in [0.29, 0.717) is 0 Å². The summed E-state index contributed by atoms with van der Waals surface area (Å²) < 4.78 is 7.15. The van der Waals surface area contributed by atoms with E-state index in [4.69, 9.17) is 9.97 Å². The minimum Gasteiger partial charge on any atom is -0.307 e. The predicted octanol–water partition coefficient (Wildman–Crippen LogP) is 9.23. The summed E-state index contributed by atoms with van der Waals surface area (Å²) >= 11 is 0. The third-order valence-corrected chi connectivity index (χ3v) is 8.90. The Kier molecular flexibility index (Phi) is 4.39. The fraction of sp³-hybridized carbons (Fsp3) is 0. The van der Waals surface area contributed by atoms with Gasteiger partial charge in [-0.05, 0) is 42.5 Å². The van der Waals surface area contributed by atoms with Crippen LogP contribution in [0.5, 0.6) is 0 Å².